The highest BCUT2D eigenvalue weighted by Crippen LogP contribution is 2.24. The first-order valence-electron chi connectivity index (χ1n) is 10.5. The Morgan fingerprint density at radius 2 is 1.48 bits per heavy atom. The number of amides is 4. The average Bonchev–Trinajstić information content (AvgIpc) is 3.04. The van der Waals surface area contributed by atoms with E-state index in [1.807, 2.05) is 35.2 Å². The minimum atomic E-state index is -0.898. The first-order valence-corrected chi connectivity index (χ1v) is 10.5. The molecule has 2 aromatic rings. The molecule has 1 unspecified atom stereocenters. The number of fused-ring (bicyclic) bond motifs is 1. The van der Waals surface area contributed by atoms with Crippen molar-refractivity contribution >= 4 is 23.6 Å². The Labute approximate surface area is 181 Å². The maximum Gasteiger partial charge on any atom is 0.262 e. The predicted octanol–water partition coefficient (Wildman–Crippen LogP) is 2.02. The highest BCUT2D eigenvalue weighted by molar-refractivity contribution is 6.22. The lowest BCUT2D eigenvalue weighted by molar-refractivity contribution is -0.131. The van der Waals surface area contributed by atoms with Crippen LogP contribution >= 0.6 is 0 Å². The van der Waals surface area contributed by atoms with Crippen molar-refractivity contribution in [2.24, 2.45) is 0 Å². The fourth-order valence-electron chi connectivity index (χ4n) is 4.15. The molecule has 7 heteroatoms. The normalized spacial score (nSPS) is 17.5. The van der Waals surface area contributed by atoms with Crippen LogP contribution in [-0.2, 0) is 16.0 Å². The molecule has 0 aromatic heterocycles. The number of piperidine rings is 1. The van der Waals surface area contributed by atoms with Crippen molar-refractivity contribution in [1.82, 2.24) is 15.1 Å². The number of nitrogens with zero attached hydrogens (tertiary/aromatic N) is 2. The van der Waals surface area contributed by atoms with Crippen LogP contribution in [0.15, 0.2) is 54.6 Å². The lowest BCUT2D eigenvalue weighted by Crippen LogP contribution is -2.53. The van der Waals surface area contributed by atoms with Crippen LogP contribution in [0.4, 0.5) is 0 Å². The third-order valence-corrected chi connectivity index (χ3v) is 5.98. The number of carbonyl (C=O) groups excluding carboxylic acids is 4. The summed E-state index contributed by atoms with van der Waals surface area (Å²) in [6.07, 6.45) is 1.65. The van der Waals surface area contributed by atoms with E-state index in [1.165, 1.54) is 0 Å². The molecule has 1 N–H and O–H groups in total. The zero-order valence-corrected chi connectivity index (χ0v) is 17.4. The maximum absolute atomic E-state index is 12.8. The zero-order chi connectivity index (χ0) is 22.0. The molecule has 0 spiro atoms. The summed E-state index contributed by atoms with van der Waals surface area (Å²) < 4.78 is 0. The molecule has 2 aliphatic heterocycles. The van der Waals surface area contributed by atoms with Crippen LogP contribution in [0.5, 0.6) is 0 Å². The highest BCUT2D eigenvalue weighted by Gasteiger charge is 2.41. The quantitative estimate of drug-likeness (QED) is 0.752. The summed E-state index contributed by atoms with van der Waals surface area (Å²) in [6, 6.07) is 15.2. The third kappa shape index (κ3) is 4.21. The highest BCUT2D eigenvalue weighted by atomic mass is 16.2. The van der Waals surface area contributed by atoms with E-state index in [1.54, 1.807) is 31.2 Å². The Hall–Kier alpha value is -3.48. The second-order valence-electron chi connectivity index (χ2n) is 8.03. The Kier molecular flexibility index (Phi) is 5.84. The standard InChI is InChI=1S/C24H25N3O4/c1-16(27-23(30)19-9-5-6-10-20(19)24(27)31)22(29)25-18-11-13-26(14-12-18)21(28)15-17-7-3-2-4-8-17/h2-10,16,18H,11-15H2,1H3,(H,25,29). The van der Waals surface area contributed by atoms with Crippen molar-refractivity contribution in [3.63, 3.8) is 0 Å². The smallest absolute Gasteiger partial charge is 0.262 e. The van der Waals surface area contributed by atoms with E-state index >= 15 is 0 Å². The summed E-state index contributed by atoms with van der Waals surface area (Å²) in [5, 5.41) is 2.95. The first-order chi connectivity index (χ1) is 15.0. The third-order valence-electron chi connectivity index (χ3n) is 5.98. The Bertz CT molecular complexity index is 977. The van der Waals surface area contributed by atoms with Crippen LogP contribution in [0.2, 0.25) is 0 Å². The summed E-state index contributed by atoms with van der Waals surface area (Å²) in [7, 11) is 0. The predicted molar refractivity (Wildman–Crippen MR) is 114 cm³/mol. The van der Waals surface area contributed by atoms with Crippen molar-refractivity contribution < 1.29 is 19.2 Å². The molecule has 0 saturated carbocycles. The van der Waals surface area contributed by atoms with E-state index in [0.29, 0.717) is 43.5 Å². The van der Waals surface area contributed by atoms with Gasteiger partial charge in [0.1, 0.15) is 6.04 Å². The molecule has 0 radical (unpaired) electrons. The van der Waals surface area contributed by atoms with Crippen LogP contribution in [0, 0.1) is 0 Å². The van der Waals surface area contributed by atoms with Gasteiger partial charge < -0.3 is 10.2 Å². The van der Waals surface area contributed by atoms with E-state index < -0.39 is 17.9 Å². The SMILES string of the molecule is CC(C(=O)NC1CCN(C(=O)Cc2ccccc2)CC1)N1C(=O)c2ccccc2C1=O. The molecular weight excluding hydrogens is 394 g/mol. The van der Waals surface area contributed by atoms with E-state index in [2.05, 4.69) is 5.32 Å². The van der Waals surface area contributed by atoms with Gasteiger partial charge in [0.2, 0.25) is 11.8 Å². The molecular formula is C24H25N3O4. The van der Waals surface area contributed by atoms with Gasteiger partial charge in [-0.25, -0.2) is 0 Å². The molecule has 31 heavy (non-hydrogen) atoms. The Balaban J connectivity index is 1.30. The first kappa shape index (κ1) is 20.8. The van der Waals surface area contributed by atoms with Crippen molar-refractivity contribution in [3.05, 3.63) is 71.3 Å². The van der Waals surface area contributed by atoms with Gasteiger partial charge in [0, 0.05) is 19.1 Å². The topological polar surface area (TPSA) is 86.8 Å². The van der Waals surface area contributed by atoms with Crippen molar-refractivity contribution in [3.8, 4) is 0 Å². The molecule has 0 aliphatic carbocycles. The van der Waals surface area contributed by atoms with Crippen molar-refractivity contribution in [2.45, 2.75) is 38.3 Å². The largest absolute Gasteiger partial charge is 0.351 e. The molecule has 2 heterocycles. The number of imide groups is 1. The van der Waals surface area contributed by atoms with Crippen molar-refractivity contribution in [2.75, 3.05) is 13.1 Å². The summed E-state index contributed by atoms with van der Waals surface area (Å²) in [6.45, 7) is 2.70. The van der Waals surface area contributed by atoms with E-state index in [4.69, 9.17) is 0 Å². The van der Waals surface area contributed by atoms with Gasteiger partial charge >= 0.3 is 0 Å². The molecule has 4 rings (SSSR count). The minimum absolute atomic E-state index is 0.0790. The molecule has 1 saturated heterocycles. The Morgan fingerprint density at radius 1 is 0.935 bits per heavy atom. The van der Waals surface area contributed by atoms with Gasteiger partial charge in [-0.1, -0.05) is 42.5 Å². The van der Waals surface area contributed by atoms with Gasteiger partial charge in [-0.05, 0) is 37.5 Å². The molecule has 4 amide bonds. The van der Waals surface area contributed by atoms with Gasteiger partial charge in [-0.3, -0.25) is 24.1 Å². The molecule has 2 aliphatic rings. The van der Waals surface area contributed by atoms with Gasteiger partial charge in [-0.15, -0.1) is 0 Å². The van der Waals surface area contributed by atoms with Gasteiger partial charge in [0.05, 0.1) is 17.5 Å². The lowest BCUT2D eigenvalue weighted by atomic mass is 10.0. The summed E-state index contributed by atoms with van der Waals surface area (Å²) in [4.78, 5) is 53.3. The number of rotatable bonds is 5. The van der Waals surface area contributed by atoms with Gasteiger partial charge in [0.15, 0.2) is 0 Å². The van der Waals surface area contributed by atoms with Crippen LogP contribution in [-0.4, -0.2) is 58.6 Å². The fourth-order valence-corrected chi connectivity index (χ4v) is 4.15. The second kappa shape index (κ2) is 8.71. The summed E-state index contributed by atoms with van der Waals surface area (Å²) in [5.74, 6) is -1.16. The summed E-state index contributed by atoms with van der Waals surface area (Å²) in [5.41, 5.74) is 1.65. The average molecular weight is 419 g/mol. The van der Waals surface area contributed by atoms with Gasteiger partial charge in [0.25, 0.3) is 11.8 Å². The van der Waals surface area contributed by atoms with E-state index in [-0.39, 0.29) is 17.9 Å². The van der Waals surface area contributed by atoms with Crippen LogP contribution in [0.25, 0.3) is 0 Å². The van der Waals surface area contributed by atoms with Crippen LogP contribution < -0.4 is 5.32 Å². The summed E-state index contributed by atoms with van der Waals surface area (Å²) >= 11 is 0. The van der Waals surface area contributed by atoms with Crippen LogP contribution in [0.1, 0.15) is 46.0 Å². The molecule has 1 atom stereocenters. The van der Waals surface area contributed by atoms with E-state index in [0.717, 1.165) is 10.5 Å². The number of likely N-dealkylation sites (tertiary alicyclic amines) is 1. The van der Waals surface area contributed by atoms with E-state index in [9.17, 15) is 19.2 Å². The fraction of sp³-hybridized carbons (Fsp3) is 0.333. The second-order valence-corrected chi connectivity index (χ2v) is 8.03. The molecule has 2 aromatic carbocycles. The van der Waals surface area contributed by atoms with Gasteiger partial charge in [-0.2, -0.15) is 0 Å². The van der Waals surface area contributed by atoms with Crippen molar-refractivity contribution in [1.29, 1.82) is 0 Å². The minimum Gasteiger partial charge on any atom is -0.351 e. The number of carbonyl (C=O) groups is 4. The molecule has 160 valence electrons. The lowest BCUT2D eigenvalue weighted by Gasteiger charge is -2.33. The molecule has 1 fully saturated rings. The molecule has 0 bridgehead atoms. The monoisotopic (exact) mass is 419 g/mol. The zero-order valence-electron chi connectivity index (χ0n) is 17.4. The number of nitrogens with one attached hydrogen (secondary N) is 1. The number of hydrogen-bond donors (Lipinski definition) is 1. The maximum atomic E-state index is 12.8. The Morgan fingerprint density at radius 3 is 2.06 bits per heavy atom. The van der Waals surface area contributed by atoms with Crippen LogP contribution in [0.3, 0.4) is 0 Å². The number of hydrogen-bond acceptors (Lipinski definition) is 4. The molecule has 7 nitrogen and oxygen atoms in total. The number of benzene rings is 2.